The van der Waals surface area contributed by atoms with Gasteiger partial charge in [-0.25, -0.2) is 0 Å². The van der Waals surface area contributed by atoms with Crippen LogP contribution in [0, 0.1) is 5.92 Å². The number of ether oxygens (including phenoxy) is 1. The average molecular weight is 325 g/mol. The molecule has 0 spiro atoms. The molecule has 2 fully saturated rings. The van der Waals surface area contributed by atoms with Crippen LogP contribution in [0.15, 0.2) is 24.3 Å². The molecule has 2 aliphatic rings. The van der Waals surface area contributed by atoms with Crippen molar-refractivity contribution in [2.45, 2.75) is 50.7 Å². The Morgan fingerprint density at radius 3 is 2.91 bits per heavy atom. The third kappa shape index (κ3) is 3.93. The first-order chi connectivity index (χ1) is 10.2. The molecule has 3 rings (SSSR count). The number of hydrogen-bond donors (Lipinski definition) is 2. The highest BCUT2D eigenvalue weighted by Gasteiger charge is 2.38. The number of fused-ring (bicyclic) bond motifs is 1. The van der Waals surface area contributed by atoms with Crippen LogP contribution in [0.5, 0.6) is 0 Å². The Balaban J connectivity index is 0.00000176. The van der Waals surface area contributed by atoms with Crippen LogP contribution >= 0.6 is 12.4 Å². The lowest BCUT2D eigenvalue weighted by Gasteiger charge is -2.33. The van der Waals surface area contributed by atoms with Gasteiger partial charge in [-0.15, -0.1) is 12.4 Å². The molecule has 5 heteroatoms. The summed E-state index contributed by atoms with van der Waals surface area (Å²) in [4.78, 5) is 12.2. The largest absolute Gasteiger partial charge is 0.399 e. The van der Waals surface area contributed by atoms with Crippen molar-refractivity contribution in [2.24, 2.45) is 5.92 Å². The van der Waals surface area contributed by atoms with Crippen LogP contribution < -0.4 is 11.1 Å². The first kappa shape index (κ1) is 17.1. The topological polar surface area (TPSA) is 64.4 Å². The Kier molecular flexibility index (Phi) is 6.09. The summed E-state index contributed by atoms with van der Waals surface area (Å²) in [5.74, 6) is 0.653. The van der Waals surface area contributed by atoms with Gasteiger partial charge in [-0.3, -0.25) is 4.79 Å². The molecule has 1 aliphatic carbocycles. The summed E-state index contributed by atoms with van der Waals surface area (Å²) >= 11 is 0. The summed E-state index contributed by atoms with van der Waals surface area (Å²) in [5, 5.41) is 3.22. The minimum Gasteiger partial charge on any atom is -0.399 e. The van der Waals surface area contributed by atoms with Crippen LogP contribution in [0.25, 0.3) is 0 Å². The predicted octanol–water partition coefficient (Wildman–Crippen LogP) is 2.70. The molecule has 1 saturated carbocycles. The van der Waals surface area contributed by atoms with Gasteiger partial charge in [0.15, 0.2) is 0 Å². The van der Waals surface area contributed by atoms with Crippen molar-refractivity contribution in [1.29, 1.82) is 0 Å². The Morgan fingerprint density at radius 1 is 1.27 bits per heavy atom. The zero-order valence-electron chi connectivity index (χ0n) is 12.8. The second kappa shape index (κ2) is 7.84. The predicted molar refractivity (Wildman–Crippen MR) is 90.1 cm³/mol. The van der Waals surface area contributed by atoms with Crippen LogP contribution in [0.1, 0.15) is 37.7 Å². The van der Waals surface area contributed by atoms with Crippen LogP contribution in [0.4, 0.5) is 5.69 Å². The van der Waals surface area contributed by atoms with E-state index in [0.717, 1.165) is 43.5 Å². The van der Waals surface area contributed by atoms with E-state index in [2.05, 4.69) is 5.32 Å². The number of amides is 1. The first-order valence-electron chi connectivity index (χ1n) is 7.98. The molecule has 0 radical (unpaired) electrons. The standard InChI is InChI=1S/C17H24N2O2.ClH/c18-14-5-2-1-4-12(14)8-9-17(20)19-15-6-3-7-16-13(15)10-11-21-16;/h1-2,4-5,13,15-16H,3,6-11,18H2,(H,19,20);1H. The molecule has 22 heavy (non-hydrogen) atoms. The second-order valence-corrected chi connectivity index (χ2v) is 6.17. The zero-order chi connectivity index (χ0) is 14.7. The average Bonchev–Trinajstić information content (AvgIpc) is 2.96. The smallest absolute Gasteiger partial charge is 0.220 e. The van der Waals surface area contributed by atoms with Gasteiger partial charge in [0.2, 0.25) is 5.91 Å². The number of carbonyl (C=O) groups excluding carboxylic acids is 1. The van der Waals surface area contributed by atoms with Crippen molar-refractivity contribution < 1.29 is 9.53 Å². The van der Waals surface area contributed by atoms with E-state index in [1.165, 1.54) is 0 Å². The molecule has 122 valence electrons. The van der Waals surface area contributed by atoms with Gasteiger partial charge >= 0.3 is 0 Å². The van der Waals surface area contributed by atoms with Crippen molar-refractivity contribution >= 4 is 24.0 Å². The molecule has 3 N–H and O–H groups in total. The van der Waals surface area contributed by atoms with Crippen molar-refractivity contribution in [3.05, 3.63) is 29.8 Å². The fourth-order valence-corrected chi connectivity index (χ4v) is 3.64. The maximum absolute atomic E-state index is 12.2. The summed E-state index contributed by atoms with van der Waals surface area (Å²) in [7, 11) is 0. The summed E-state index contributed by atoms with van der Waals surface area (Å²) in [5.41, 5.74) is 7.74. The quantitative estimate of drug-likeness (QED) is 0.837. The number of aryl methyl sites for hydroxylation is 1. The second-order valence-electron chi connectivity index (χ2n) is 6.17. The van der Waals surface area contributed by atoms with E-state index < -0.39 is 0 Å². The normalized spacial score (nSPS) is 26.8. The van der Waals surface area contributed by atoms with Gasteiger partial charge in [-0.05, 0) is 43.7 Å². The van der Waals surface area contributed by atoms with Crippen molar-refractivity contribution in [3.8, 4) is 0 Å². The van der Waals surface area contributed by atoms with Crippen molar-refractivity contribution in [1.82, 2.24) is 5.32 Å². The van der Waals surface area contributed by atoms with Crippen LogP contribution in [-0.4, -0.2) is 24.7 Å². The molecule has 0 bridgehead atoms. The van der Waals surface area contributed by atoms with E-state index in [0.29, 0.717) is 30.9 Å². The molecule has 1 amide bonds. The van der Waals surface area contributed by atoms with Crippen molar-refractivity contribution in [2.75, 3.05) is 12.3 Å². The zero-order valence-corrected chi connectivity index (χ0v) is 13.6. The molecule has 1 saturated heterocycles. The molecule has 3 unspecified atom stereocenters. The molecule has 0 aromatic heterocycles. The number of nitrogen functional groups attached to an aromatic ring is 1. The first-order valence-corrected chi connectivity index (χ1v) is 7.98. The van der Waals surface area contributed by atoms with Gasteiger partial charge in [0.25, 0.3) is 0 Å². The van der Waals surface area contributed by atoms with Gasteiger partial charge in [-0.2, -0.15) is 0 Å². The Labute approximate surface area is 138 Å². The lowest BCUT2D eigenvalue weighted by atomic mass is 9.81. The van der Waals surface area contributed by atoms with Crippen molar-refractivity contribution in [3.63, 3.8) is 0 Å². The lowest BCUT2D eigenvalue weighted by molar-refractivity contribution is -0.122. The molecule has 3 atom stereocenters. The highest BCUT2D eigenvalue weighted by atomic mass is 35.5. The molecule has 4 nitrogen and oxygen atoms in total. The molecule has 1 aliphatic heterocycles. The SMILES string of the molecule is Cl.Nc1ccccc1CCC(=O)NC1CCCC2OCCC12. The lowest BCUT2D eigenvalue weighted by Crippen LogP contribution is -2.45. The molecule has 1 aromatic rings. The fraction of sp³-hybridized carbons (Fsp3) is 0.588. The van der Waals surface area contributed by atoms with Gasteiger partial charge in [0.05, 0.1) is 6.10 Å². The van der Waals surface area contributed by atoms with Crippen LogP contribution in [0.3, 0.4) is 0 Å². The van der Waals surface area contributed by atoms with E-state index in [-0.39, 0.29) is 18.3 Å². The third-order valence-electron chi connectivity index (χ3n) is 4.80. The fourth-order valence-electron chi connectivity index (χ4n) is 3.64. The Bertz CT molecular complexity index is 509. The van der Waals surface area contributed by atoms with E-state index in [4.69, 9.17) is 10.5 Å². The third-order valence-corrected chi connectivity index (χ3v) is 4.80. The number of nitrogens with two attached hydrogens (primary N) is 1. The van der Waals surface area contributed by atoms with Crippen LogP contribution in [-0.2, 0) is 16.0 Å². The molecular formula is C17H25ClN2O2. The van der Waals surface area contributed by atoms with E-state index in [1.54, 1.807) is 0 Å². The number of halogens is 1. The number of anilines is 1. The highest BCUT2D eigenvalue weighted by Crippen LogP contribution is 2.34. The number of rotatable bonds is 4. The number of benzene rings is 1. The maximum atomic E-state index is 12.2. The number of hydrogen-bond acceptors (Lipinski definition) is 3. The van der Waals surface area contributed by atoms with Crippen LogP contribution in [0.2, 0.25) is 0 Å². The maximum Gasteiger partial charge on any atom is 0.220 e. The number of para-hydroxylation sites is 1. The summed E-state index contributed by atoms with van der Waals surface area (Å²) in [6.07, 6.45) is 6.05. The molecule has 1 heterocycles. The summed E-state index contributed by atoms with van der Waals surface area (Å²) in [6.45, 7) is 0.849. The minimum atomic E-state index is 0. The monoisotopic (exact) mass is 324 g/mol. The Hall–Kier alpha value is -1.26. The number of carbonyl (C=O) groups is 1. The summed E-state index contributed by atoms with van der Waals surface area (Å²) < 4.78 is 5.75. The van der Waals surface area contributed by atoms with Gasteiger partial charge in [-0.1, -0.05) is 18.2 Å². The van der Waals surface area contributed by atoms with E-state index in [9.17, 15) is 4.79 Å². The Morgan fingerprint density at radius 2 is 2.09 bits per heavy atom. The summed E-state index contributed by atoms with van der Waals surface area (Å²) in [6, 6.07) is 8.05. The minimum absolute atomic E-state index is 0. The molecule has 1 aromatic carbocycles. The van der Waals surface area contributed by atoms with E-state index in [1.807, 2.05) is 24.3 Å². The number of nitrogens with one attached hydrogen (secondary N) is 1. The van der Waals surface area contributed by atoms with E-state index >= 15 is 0 Å². The van der Waals surface area contributed by atoms with Gasteiger partial charge in [0.1, 0.15) is 0 Å². The van der Waals surface area contributed by atoms with Gasteiger partial charge in [0, 0.05) is 30.7 Å². The highest BCUT2D eigenvalue weighted by molar-refractivity contribution is 5.85. The van der Waals surface area contributed by atoms with Gasteiger partial charge < -0.3 is 15.8 Å². The molecular weight excluding hydrogens is 300 g/mol.